The van der Waals surface area contributed by atoms with Gasteiger partial charge in [-0.2, -0.15) is 5.10 Å². The lowest BCUT2D eigenvalue weighted by Crippen LogP contribution is -2.12. The molecule has 0 unspecified atom stereocenters. The Morgan fingerprint density at radius 2 is 1.93 bits per heavy atom. The average Bonchev–Trinajstić information content (AvgIpc) is 3.10. The summed E-state index contributed by atoms with van der Waals surface area (Å²) < 4.78 is 4.72. The minimum absolute atomic E-state index is 0.274. The molecule has 3 heterocycles. The molecule has 0 amide bonds. The number of hydrogen-bond acceptors (Lipinski definition) is 8. The maximum absolute atomic E-state index is 12.3. The number of carbonyl (C=O) groups is 1. The molecule has 28 heavy (non-hydrogen) atoms. The number of ether oxygens (including phenoxy) is 1. The highest BCUT2D eigenvalue weighted by Gasteiger charge is 2.15. The van der Waals surface area contributed by atoms with Gasteiger partial charge in [0.2, 0.25) is 0 Å². The molecule has 1 aromatic carbocycles. The van der Waals surface area contributed by atoms with Crippen LogP contribution >= 0.6 is 0 Å². The lowest BCUT2D eigenvalue weighted by molar-refractivity contribution is 0.0601. The highest BCUT2D eigenvalue weighted by atomic mass is 16.5. The lowest BCUT2D eigenvalue weighted by Gasteiger charge is -2.03. The van der Waals surface area contributed by atoms with Crippen LogP contribution in [0, 0.1) is 6.92 Å². The van der Waals surface area contributed by atoms with Crippen LogP contribution in [-0.2, 0) is 4.74 Å². The Morgan fingerprint density at radius 3 is 2.68 bits per heavy atom. The molecule has 0 atom stereocenters. The zero-order valence-corrected chi connectivity index (χ0v) is 15.0. The molecule has 0 saturated carbocycles. The second kappa shape index (κ2) is 6.58. The van der Waals surface area contributed by atoms with Gasteiger partial charge in [0.1, 0.15) is 23.2 Å². The van der Waals surface area contributed by atoms with Crippen molar-refractivity contribution < 1.29 is 9.53 Å². The van der Waals surface area contributed by atoms with Gasteiger partial charge in [0.15, 0.2) is 0 Å². The minimum Gasteiger partial charge on any atom is -0.465 e. The van der Waals surface area contributed by atoms with Gasteiger partial charge in [-0.1, -0.05) is 0 Å². The van der Waals surface area contributed by atoms with Gasteiger partial charge in [-0.15, -0.1) is 0 Å². The smallest absolute Gasteiger partial charge is 0.337 e. The number of nitrogens with two attached hydrogens (primary N) is 1. The standard InChI is InChI=1S/C18H15N7O3/c1-8-20-13(7-15(19)21-8)14-6-10(17(26)25-24-14)16-22-11-4-3-9(18(27)28-2)5-12(11)23-16/h3-7H,1-2H3,(H,22,23)(H,25,26)(H2,19,20,21). The summed E-state index contributed by atoms with van der Waals surface area (Å²) in [6, 6.07) is 8.03. The third-order valence-corrected chi connectivity index (χ3v) is 4.08. The van der Waals surface area contributed by atoms with E-state index >= 15 is 0 Å². The number of imidazole rings is 1. The van der Waals surface area contributed by atoms with Crippen molar-refractivity contribution in [1.29, 1.82) is 0 Å². The van der Waals surface area contributed by atoms with E-state index in [0.29, 0.717) is 45.5 Å². The Hall–Kier alpha value is -4.08. The number of anilines is 1. The van der Waals surface area contributed by atoms with E-state index in [2.05, 4.69) is 30.1 Å². The molecule has 10 nitrogen and oxygen atoms in total. The molecule has 4 N–H and O–H groups in total. The predicted octanol–water partition coefficient (Wildman–Crippen LogP) is 1.45. The molecule has 0 bridgehead atoms. The fraction of sp³-hybridized carbons (Fsp3) is 0.111. The first-order chi connectivity index (χ1) is 13.4. The summed E-state index contributed by atoms with van der Waals surface area (Å²) in [5.41, 5.74) is 8.09. The maximum atomic E-state index is 12.3. The number of fused-ring (bicyclic) bond motifs is 1. The Bertz CT molecular complexity index is 1260. The summed E-state index contributed by atoms with van der Waals surface area (Å²) in [5, 5.41) is 6.48. The number of nitrogens with zero attached hydrogens (tertiary/aromatic N) is 4. The van der Waals surface area contributed by atoms with Crippen molar-refractivity contribution in [3.63, 3.8) is 0 Å². The fourth-order valence-corrected chi connectivity index (χ4v) is 2.82. The zero-order chi connectivity index (χ0) is 19.8. The number of aromatic amines is 2. The molecule has 0 fully saturated rings. The molecule has 4 aromatic rings. The van der Waals surface area contributed by atoms with Gasteiger partial charge in [0.05, 0.1) is 35.0 Å². The van der Waals surface area contributed by atoms with Crippen LogP contribution in [0.3, 0.4) is 0 Å². The number of nitrogen functional groups attached to an aromatic ring is 1. The molecule has 0 radical (unpaired) electrons. The maximum Gasteiger partial charge on any atom is 0.337 e. The summed E-state index contributed by atoms with van der Waals surface area (Å²) in [6.45, 7) is 1.71. The van der Waals surface area contributed by atoms with Gasteiger partial charge in [-0.25, -0.2) is 24.8 Å². The van der Waals surface area contributed by atoms with E-state index in [4.69, 9.17) is 10.5 Å². The molecule has 10 heteroatoms. The lowest BCUT2D eigenvalue weighted by atomic mass is 10.2. The molecular formula is C18H15N7O3. The van der Waals surface area contributed by atoms with E-state index < -0.39 is 11.5 Å². The van der Waals surface area contributed by atoms with E-state index in [1.807, 2.05) is 0 Å². The molecule has 0 aliphatic carbocycles. The van der Waals surface area contributed by atoms with E-state index in [1.54, 1.807) is 37.3 Å². The first-order valence-electron chi connectivity index (χ1n) is 8.24. The highest BCUT2D eigenvalue weighted by molar-refractivity contribution is 5.94. The van der Waals surface area contributed by atoms with E-state index in [0.717, 1.165) is 0 Å². The minimum atomic E-state index is -0.459. The Labute approximate surface area is 157 Å². The molecule has 140 valence electrons. The summed E-state index contributed by atoms with van der Waals surface area (Å²) in [5.74, 6) is 0.666. The van der Waals surface area contributed by atoms with Crippen molar-refractivity contribution in [3.05, 3.63) is 52.1 Å². The average molecular weight is 377 g/mol. The predicted molar refractivity (Wildman–Crippen MR) is 101 cm³/mol. The van der Waals surface area contributed by atoms with Gasteiger partial charge >= 0.3 is 5.97 Å². The van der Waals surface area contributed by atoms with Crippen LogP contribution < -0.4 is 11.3 Å². The third-order valence-electron chi connectivity index (χ3n) is 4.08. The third kappa shape index (κ3) is 3.07. The van der Waals surface area contributed by atoms with Crippen molar-refractivity contribution in [2.75, 3.05) is 12.8 Å². The largest absolute Gasteiger partial charge is 0.465 e. The van der Waals surface area contributed by atoms with Crippen molar-refractivity contribution in [2.45, 2.75) is 6.92 Å². The number of carbonyl (C=O) groups excluding carboxylic acids is 1. The molecule has 4 rings (SSSR count). The summed E-state index contributed by atoms with van der Waals surface area (Å²) in [4.78, 5) is 39.8. The molecule has 0 aliphatic heterocycles. The van der Waals surface area contributed by atoms with Crippen LogP contribution in [0.2, 0.25) is 0 Å². The van der Waals surface area contributed by atoms with Gasteiger partial charge in [0.25, 0.3) is 5.56 Å². The SMILES string of the molecule is COC(=O)c1ccc2nc(-c3cc(-c4cc(N)nc(C)n4)n[nH]c3=O)[nH]c2c1. The second-order valence-corrected chi connectivity index (χ2v) is 6.03. The van der Waals surface area contributed by atoms with Crippen LogP contribution in [0.15, 0.2) is 35.1 Å². The summed E-state index contributed by atoms with van der Waals surface area (Å²) >= 11 is 0. The normalized spacial score (nSPS) is 10.9. The van der Waals surface area contributed by atoms with Crippen LogP contribution in [0.5, 0.6) is 0 Å². The van der Waals surface area contributed by atoms with Crippen LogP contribution in [0.4, 0.5) is 5.82 Å². The first-order valence-corrected chi connectivity index (χ1v) is 8.24. The van der Waals surface area contributed by atoms with Gasteiger partial charge in [-0.3, -0.25) is 4.79 Å². The topological polar surface area (TPSA) is 153 Å². The highest BCUT2D eigenvalue weighted by Crippen LogP contribution is 2.22. The molecule has 0 saturated heterocycles. The second-order valence-electron chi connectivity index (χ2n) is 6.03. The van der Waals surface area contributed by atoms with Crippen molar-refractivity contribution >= 4 is 22.8 Å². The van der Waals surface area contributed by atoms with Gasteiger partial charge < -0.3 is 15.5 Å². The number of aromatic nitrogens is 6. The summed E-state index contributed by atoms with van der Waals surface area (Å²) in [7, 11) is 1.31. The van der Waals surface area contributed by atoms with Crippen molar-refractivity contribution in [3.8, 4) is 22.8 Å². The fourth-order valence-electron chi connectivity index (χ4n) is 2.82. The molecule has 0 spiro atoms. The summed E-state index contributed by atoms with van der Waals surface area (Å²) in [6.07, 6.45) is 0. The first kappa shape index (κ1) is 17.3. The quantitative estimate of drug-likeness (QED) is 0.453. The number of benzene rings is 1. The van der Waals surface area contributed by atoms with Crippen LogP contribution in [0.25, 0.3) is 33.8 Å². The van der Waals surface area contributed by atoms with Gasteiger partial charge in [-0.05, 0) is 31.2 Å². The zero-order valence-electron chi connectivity index (χ0n) is 15.0. The Balaban J connectivity index is 1.82. The Morgan fingerprint density at radius 1 is 1.11 bits per heavy atom. The number of methoxy groups -OCH3 is 1. The number of aryl methyl sites for hydroxylation is 1. The Kier molecular flexibility index (Phi) is 4.07. The van der Waals surface area contributed by atoms with Crippen molar-refractivity contribution in [1.82, 2.24) is 30.1 Å². The number of hydrogen-bond donors (Lipinski definition) is 3. The van der Waals surface area contributed by atoms with E-state index in [-0.39, 0.29) is 5.56 Å². The number of esters is 1. The number of rotatable bonds is 3. The van der Waals surface area contributed by atoms with Gasteiger partial charge in [0, 0.05) is 6.07 Å². The number of H-pyrrole nitrogens is 2. The van der Waals surface area contributed by atoms with E-state index in [9.17, 15) is 9.59 Å². The molecule has 0 aliphatic rings. The van der Waals surface area contributed by atoms with Crippen LogP contribution in [0.1, 0.15) is 16.2 Å². The van der Waals surface area contributed by atoms with Crippen molar-refractivity contribution in [2.24, 2.45) is 0 Å². The van der Waals surface area contributed by atoms with E-state index in [1.165, 1.54) is 7.11 Å². The molecule has 3 aromatic heterocycles. The molecular weight excluding hydrogens is 362 g/mol. The number of nitrogens with one attached hydrogen (secondary N) is 2. The van der Waals surface area contributed by atoms with Crippen LogP contribution in [-0.4, -0.2) is 43.2 Å². The monoisotopic (exact) mass is 377 g/mol.